The van der Waals surface area contributed by atoms with Crippen LogP contribution in [0.3, 0.4) is 0 Å². The molecule has 0 bridgehead atoms. The smallest absolute Gasteiger partial charge is 0.115 e. The van der Waals surface area contributed by atoms with E-state index in [1.165, 1.54) is 24.8 Å². The van der Waals surface area contributed by atoms with E-state index in [-0.39, 0.29) is 0 Å². The summed E-state index contributed by atoms with van der Waals surface area (Å²) in [5, 5.41) is 9.09. The second kappa shape index (κ2) is 3.18. The molecule has 63 valence electrons. The Morgan fingerprint density at radius 1 is 1.17 bits per heavy atom. The van der Waals surface area contributed by atoms with Crippen LogP contribution in [0.25, 0.3) is 0 Å². The monoisotopic (exact) mass is 161 g/mol. The van der Waals surface area contributed by atoms with Crippen molar-refractivity contribution in [3.8, 4) is 5.75 Å². The van der Waals surface area contributed by atoms with Crippen molar-refractivity contribution in [1.29, 1.82) is 0 Å². The van der Waals surface area contributed by atoms with Crippen LogP contribution >= 0.6 is 0 Å². The molecule has 1 N–H and O–H groups in total. The van der Waals surface area contributed by atoms with Crippen LogP contribution in [0.2, 0.25) is 0 Å². The minimum atomic E-state index is 0.358. The predicted octanol–water partition coefficient (Wildman–Crippen LogP) is 2.86. The quantitative estimate of drug-likeness (QED) is 0.671. The number of hydrogen-bond donors (Lipinski definition) is 1. The van der Waals surface area contributed by atoms with Crippen LogP contribution in [0.4, 0.5) is 0 Å². The van der Waals surface area contributed by atoms with Gasteiger partial charge in [0, 0.05) is 0 Å². The summed E-state index contributed by atoms with van der Waals surface area (Å²) in [6.07, 6.45) is 6.19. The second-order valence-electron chi connectivity index (χ2n) is 3.36. The summed E-state index contributed by atoms with van der Waals surface area (Å²) in [6, 6.07) is 7.56. The number of benzene rings is 1. The zero-order valence-electron chi connectivity index (χ0n) is 7.03. The minimum absolute atomic E-state index is 0.358. The predicted molar refractivity (Wildman–Crippen MR) is 49.0 cm³/mol. The molecule has 0 aromatic heterocycles. The average molecular weight is 161 g/mol. The molecule has 1 heteroatoms. The lowest BCUT2D eigenvalue weighted by Gasteiger charge is -2.08. The normalized spacial score (nSPS) is 18.3. The van der Waals surface area contributed by atoms with Crippen molar-refractivity contribution in [3.63, 3.8) is 0 Å². The fourth-order valence-corrected chi connectivity index (χ4v) is 1.80. The van der Waals surface area contributed by atoms with Crippen LogP contribution in [-0.2, 0) is 0 Å². The van der Waals surface area contributed by atoms with Gasteiger partial charge in [0.1, 0.15) is 5.75 Å². The molecule has 1 aliphatic rings. The highest BCUT2D eigenvalue weighted by molar-refractivity contribution is 5.30. The van der Waals surface area contributed by atoms with Crippen molar-refractivity contribution >= 4 is 0 Å². The van der Waals surface area contributed by atoms with Crippen LogP contribution < -0.4 is 0 Å². The van der Waals surface area contributed by atoms with Crippen LogP contribution in [0.5, 0.6) is 5.75 Å². The summed E-state index contributed by atoms with van der Waals surface area (Å²) < 4.78 is 0. The fraction of sp³-hybridized carbons (Fsp3) is 0.364. The Kier molecular flexibility index (Phi) is 2.03. The van der Waals surface area contributed by atoms with Gasteiger partial charge >= 0.3 is 0 Å². The maximum Gasteiger partial charge on any atom is 0.115 e. The average Bonchev–Trinajstić information content (AvgIpc) is 2.58. The van der Waals surface area contributed by atoms with E-state index in [1.54, 1.807) is 12.1 Å². The lowest BCUT2D eigenvalue weighted by molar-refractivity contribution is 0.475. The summed E-state index contributed by atoms with van der Waals surface area (Å²) in [5.41, 5.74) is 1.34. The standard InChI is InChI=1S/C11H13O/c12-11-7-5-10(6-8-11)9-3-1-2-4-9/h3,5-9,12H,1-2,4H2. The van der Waals surface area contributed by atoms with E-state index >= 15 is 0 Å². The molecule has 0 spiro atoms. The Morgan fingerprint density at radius 2 is 1.92 bits per heavy atom. The van der Waals surface area contributed by atoms with Gasteiger partial charge in [-0.25, -0.2) is 0 Å². The molecule has 12 heavy (non-hydrogen) atoms. The number of rotatable bonds is 1. The summed E-state index contributed by atoms with van der Waals surface area (Å²) in [5.74, 6) is 0.988. The number of phenols is 1. The summed E-state index contributed by atoms with van der Waals surface area (Å²) in [4.78, 5) is 0. The first-order valence-corrected chi connectivity index (χ1v) is 4.48. The van der Waals surface area contributed by atoms with E-state index in [2.05, 4.69) is 6.42 Å². The van der Waals surface area contributed by atoms with Crippen molar-refractivity contribution < 1.29 is 5.11 Å². The van der Waals surface area contributed by atoms with E-state index < -0.39 is 0 Å². The maximum absolute atomic E-state index is 9.09. The molecule has 1 nitrogen and oxygen atoms in total. The third-order valence-corrected chi connectivity index (χ3v) is 2.49. The van der Waals surface area contributed by atoms with Gasteiger partial charge in [-0.3, -0.25) is 0 Å². The molecule has 2 rings (SSSR count). The molecular weight excluding hydrogens is 148 g/mol. The molecule has 1 atom stereocenters. The van der Waals surface area contributed by atoms with E-state index in [0.717, 1.165) is 0 Å². The van der Waals surface area contributed by atoms with Crippen LogP contribution in [-0.4, -0.2) is 5.11 Å². The maximum atomic E-state index is 9.09. The molecular formula is C11H13O. The molecule has 1 aromatic carbocycles. The van der Waals surface area contributed by atoms with E-state index in [9.17, 15) is 0 Å². The fourth-order valence-electron chi connectivity index (χ4n) is 1.80. The summed E-state index contributed by atoms with van der Waals surface area (Å²) >= 11 is 0. The van der Waals surface area contributed by atoms with E-state index in [0.29, 0.717) is 11.7 Å². The minimum Gasteiger partial charge on any atom is -0.508 e. The number of aromatic hydroxyl groups is 1. The first-order chi connectivity index (χ1) is 5.86. The van der Waals surface area contributed by atoms with Gasteiger partial charge in [-0.2, -0.15) is 0 Å². The molecule has 0 saturated heterocycles. The van der Waals surface area contributed by atoms with E-state index in [1.807, 2.05) is 12.1 Å². The highest BCUT2D eigenvalue weighted by atomic mass is 16.3. The summed E-state index contributed by atoms with van der Waals surface area (Å²) in [6.45, 7) is 0. The molecule has 0 heterocycles. The second-order valence-corrected chi connectivity index (χ2v) is 3.36. The first-order valence-electron chi connectivity index (χ1n) is 4.48. The molecule has 0 amide bonds. The van der Waals surface area contributed by atoms with Gasteiger partial charge in [0.2, 0.25) is 0 Å². The van der Waals surface area contributed by atoms with Crippen molar-refractivity contribution in [3.05, 3.63) is 36.2 Å². The van der Waals surface area contributed by atoms with Gasteiger partial charge in [0.15, 0.2) is 0 Å². The van der Waals surface area contributed by atoms with Crippen LogP contribution in [0.15, 0.2) is 24.3 Å². The van der Waals surface area contributed by atoms with Crippen LogP contribution in [0.1, 0.15) is 30.7 Å². The zero-order valence-corrected chi connectivity index (χ0v) is 7.03. The Morgan fingerprint density at radius 3 is 2.50 bits per heavy atom. The van der Waals surface area contributed by atoms with Crippen molar-refractivity contribution in [2.24, 2.45) is 0 Å². The highest BCUT2D eigenvalue weighted by Crippen LogP contribution is 2.33. The molecule has 0 aliphatic heterocycles. The van der Waals surface area contributed by atoms with Crippen molar-refractivity contribution in [2.45, 2.75) is 25.2 Å². The van der Waals surface area contributed by atoms with Gasteiger partial charge in [-0.15, -0.1) is 0 Å². The van der Waals surface area contributed by atoms with Gasteiger partial charge < -0.3 is 5.11 Å². The zero-order chi connectivity index (χ0) is 8.39. The SMILES string of the molecule is Oc1ccc(C2[CH]CCC2)cc1. The molecule has 1 aliphatic carbocycles. The lowest BCUT2D eigenvalue weighted by atomic mass is 9.98. The number of hydrogen-bond acceptors (Lipinski definition) is 1. The Bertz CT molecular complexity index is 244. The third-order valence-electron chi connectivity index (χ3n) is 2.49. The molecule has 1 radical (unpaired) electrons. The van der Waals surface area contributed by atoms with Crippen molar-refractivity contribution in [1.82, 2.24) is 0 Å². The summed E-state index contributed by atoms with van der Waals surface area (Å²) in [7, 11) is 0. The highest BCUT2D eigenvalue weighted by Gasteiger charge is 2.16. The van der Waals surface area contributed by atoms with Crippen LogP contribution in [0, 0.1) is 6.42 Å². The largest absolute Gasteiger partial charge is 0.508 e. The van der Waals surface area contributed by atoms with E-state index in [4.69, 9.17) is 5.11 Å². The van der Waals surface area contributed by atoms with Gasteiger partial charge in [-0.05, 0) is 42.9 Å². The van der Waals surface area contributed by atoms with Gasteiger partial charge in [-0.1, -0.05) is 18.6 Å². The van der Waals surface area contributed by atoms with Crippen molar-refractivity contribution in [2.75, 3.05) is 0 Å². The topological polar surface area (TPSA) is 20.2 Å². The Hall–Kier alpha value is -0.980. The molecule has 1 unspecified atom stereocenters. The molecule has 1 saturated carbocycles. The van der Waals surface area contributed by atoms with Gasteiger partial charge in [0.25, 0.3) is 0 Å². The Balaban J connectivity index is 2.17. The Labute approximate surface area is 73.0 Å². The number of phenolic OH excluding ortho intramolecular Hbond substituents is 1. The van der Waals surface area contributed by atoms with Gasteiger partial charge in [0.05, 0.1) is 0 Å². The third kappa shape index (κ3) is 1.45. The molecule has 1 fully saturated rings. The lowest BCUT2D eigenvalue weighted by Crippen LogP contribution is -1.90. The molecule has 1 aromatic rings. The first kappa shape index (κ1) is 7.66.